The van der Waals surface area contributed by atoms with Crippen LogP contribution in [0.25, 0.3) is 0 Å². The van der Waals surface area contributed by atoms with Crippen LogP contribution in [0.3, 0.4) is 0 Å². The quantitative estimate of drug-likeness (QED) is 0.688. The van der Waals surface area contributed by atoms with Crippen molar-refractivity contribution in [2.45, 2.75) is 18.7 Å². The molecular weight excluding hydrogens is 299 g/mol. The van der Waals surface area contributed by atoms with Gasteiger partial charge in [-0.3, -0.25) is 10.1 Å². The molecule has 0 aliphatic rings. The standard InChI is InChI=1S/C15H12F3NO3/c16-15(17,18)13-4-2-1-3-12(13)14(20)9-10-5-7-11(8-6-10)19(21)22/h1-8,14,20H,9H2. The first-order valence-corrected chi connectivity index (χ1v) is 6.36. The molecule has 0 saturated carbocycles. The Labute approximate surface area is 124 Å². The first-order chi connectivity index (χ1) is 10.3. The fourth-order valence-electron chi connectivity index (χ4n) is 2.13. The normalized spacial score (nSPS) is 12.9. The molecule has 0 aliphatic carbocycles. The Balaban J connectivity index is 2.22. The lowest BCUT2D eigenvalue weighted by Gasteiger charge is -2.17. The van der Waals surface area contributed by atoms with Crippen LogP contribution >= 0.6 is 0 Å². The predicted octanol–water partition coefficient (Wildman–Crippen LogP) is 3.89. The van der Waals surface area contributed by atoms with E-state index in [2.05, 4.69) is 0 Å². The molecule has 0 fully saturated rings. The summed E-state index contributed by atoms with van der Waals surface area (Å²) in [5, 5.41) is 20.6. The molecule has 0 amide bonds. The zero-order valence-electron chi connectivity index (χ0n) is 11.2. The van der Waals surface area contributed by atoms with Crippen LogP contribution < -0.4 is 0 Å². The summed E-state index contributed by atoms with van der Waals surface area (Å²) in [6, 6.07) is 10.1. The van der Waals surface area contributed by atoms with E-state index < -0.39 is 22.8 Å². The first-order valence-electron chi connectivity index (χ1n) is 6.36. The number of benzene rings is 2. The van der Waals surface area contributed by atoms with Crippen LogP contribution in [-0.4, -0.2) is 10.0 Å². The number of hydrogen-bond acceptors (Lipinski definition) is 3. The van der Waals surface area contributed by atoms with Crippen molar-refractivity contribution in [1.82, 2.24) is 0 Å². The van der Waals surface area contributed by atoms with Crippen LogP contribution in [0.1, 0.15) is 22.8 Å². The summed E-state index contributed by atoms with van der Waals surface area (Å²) >= 11 is 0. The van der Waals surface area contributed by atoms with Gasteiger partial charge >= 0.3 is 6.18 Å². The van der Waals surface area contributed by atoms with Gasteiger partial charge in [0, 0.05) is 18.6 Å². The van der Waals surface area contributed by atoms with Crippen molar-refractivity contribution >= 4 is 5.69 Å². The van der Waals surface area contributed by atoms with Gasteiger partial charge in [0.2, 0.25) is 0 Å². The van der Waals surface area contributed by atoms with Gasteiger partial charge in [-0.1, -0.05) is 30.3 Å². The van der Waals surface area contributed by atoms with E-state index in [1.807, 2.05) is 0 Å². The highest BCUT2D eigenvalue weighted by atomic mass is 19.4. The number of nitro benzene ring substituents is 1. The molecule has 7 heteroatoms. The predicted molar refractivity (Wildman–Crippen MR) is 73.2 cm³/mol. The SMILES string of the molecule is O=[N+]([O-])c1ccc(CC(O)c2ccccc2C(F)(F)F)cc1. The molecule has 1 N–H and O–H groups in total. The van der Waals surface area contributed by atoms with Crippen LogP contribution in [-0.2, 0) is 12.6 Å². The zero-order chi connectivity index (χ0) is 16.3. The third kappa shape index (κ3) is 3.62. The van der Waals surface area contributed by atoms with Crippen molar-refractivity contribution in [2.24, 2.45) is 0 Å². The smallest absolute Gasteiger partial charge is 0.388 e. The third-order valence-corrected chi connectivity index (χ3v) is 3.20. The van der Waals surface area contributed by atoms with E-state index in [1.165, 1.54) is 42.5 Å². The topological polar surface area (TPSA) is 63.4 Å². The number of rotatable bonds is 4. The Morgan fingerprint density at radius 2 is 1.68 bits per heavy atom. The summed E-state index contributed by atoms with van der Waals surface area (Å²) in [4.78, 5) is 9.97. The van der Waals surface area contributed by atoms with E-state index in [0.29, 0.717) is 5.56 Å². The number of non-ortho nitro benzene ring substituents is 1. The number of alkyl halides is 3. The molecule has 2 aromatic rings. The lowest BCUT2D eigenvalue weighted by atomic mass is 9.96. The molecule has 0 saturated heterocycles. The van der Waals surface area contributed by atoms with E-state index in [0.717, 1.165) is 6.07 Å². The molecule has 0 spiro atoms. The second-order valence-electron chi connectivity index (χ2n) is 4.73. The van der Waals surface area contributed by atoms with Gasteiger partial charge in [-0.15, -0.1) is 0 Å². The fraction of sp³-hybridized carbons (Fsp3) is 0.200. The maximum absolute atomic E-state index is 12.9. The van der Waals surface area contributed by atoms with Crippen LogP contribution in [0.2, 0.25) is 0 Å². The summed E-state index contributed by atoms with van der Waals surface area (Å²) in [6.07, 6.45) is -5.96. The van der Waals surface area contributed by atoms with E-state index in [4.69, 9.17) is 0 Å². The van der Waals surface area contributed by atoms with E-state index in [-0.39, 0.29) is 17.7 Å². The van der Waals surface area contributed by atoms with Gasteiger partial charge in [0.05, 0.1) is 16.6 Å². The molecule has 0 aromatic heterocycles. The van der Waals surface area contributed by atoms with Crippen LogP contribution in [0, 0.1) is 10.1 Å². The fourth-order valence-corrected chi connectivity index (χ4v) is 2.13. The minimum Gasteiger partial charge on any atom is -0.388 e. The molecule has 1 unspecified atom stereocenters. The monoisotopic (exact) mass is 311 g/mol. The minimum absolute atomic E-state index is 0.0644. The molecule has 1 atom stereocenters. The average molecular weight is 311 g/mol. The van der Waals surface area contributed by atoms with Crippen molar-refractivity contribution in [3.05, 3.63) is 75.3 Å². The maximum atomic E-state index is 12.9. The Bertz CT molecular complexity index is 668. The molecular formula is C15H12F3NO3. The number of nitrogens with zero attached hydrogens (tertiary/aromatic N) is 1. The molecule has 0 aliphatic heterocycles. The highest BCUT2D eigenvalue weighted by Gasteiger charge is 2.34. The third-order valence-electron chi connectivity index (χ3n) is 3.20. The average Bonchev–Trinajstić information content (AvgIpc) is 2.47. The van der Waals surface area contributed by atoms with Gasteiger partial charge < -0.3 is 5.11 Å². The van der Waals surface area contributed by atoms with Crippen molar-refractivity contribution in [1.29, 1.82) is 0 Å². The van der Waals surface area contributed by atoms with E-state index in [9.17, 15) is 28.4 Å². The Kier molecular flexibility index (Phi) is 4.46. The van der Waals surface area contributed by atoms with Crippen molar-refractivity contribution < 1.29 is 23.2 Å². The highest BCUT2D eigenvalue weighted by molar-refractivity contribution is 5.35. The van der Waals surface area contributed by atoms with Crippen molar-refractivity contribution in [3.8, 4) is 0 Å². The number of aliphatic hydroxyl groups is 1. The van der Waals surface area contributed by atoms with Crippen LogP contribution in [0.5, 0.6) is 0 Å². The zero-order valence-corrected chi connectivity index (χ0v) is 11.2. The first kappa shape index (κ1) is 16.0. The molecule has 2 aromatic carbocycles. The molecule has 2 rings (SSSR count). The number of aliphatic hydroxyl groups excluding tert-OH is 1. The van der Waals surface area contributed by atoms with E-state index >= 15 is 0 Å². The van der Waals surface area contributed by atoms with Gasteiger partial charge in [0.1, 0.15) is 0 Å². The second-order valence-corrected chi connectivity index (χ2v) is 4.73. The summed E-state index contributed by atoms with van der Waals surface area (Å²) < 4.78 is 38.7. The highest BCUT2D eigenvalue weighted by Crippen LogP contribution is 2.35. The number of halogens is 3. The summed E-state index contributed by atoms with van der Waals surface area (Å²) in [6.45, 7) is 0. The molecule has 116 valence electrons. The van der Waals surface area contributed by atoms with Gasteiger partial charge in [0.15, 0.2) is 0 Å². The minimum atomic E-state index is -4.55. The summed E-state index contributed by atoms with van der Waals surface area (Å²) in [7, 11) is 0. The molecule has 0 heterocycles. The van der Waals surface area contributed by atoms with Crippen molar-refractivity contribution in [3.63, 3.8) is 0 Å². The van der Waals surface area contributed by atoms with Crippen LogP contribution in [0.4, 0.5) is 18.9 Å². The second kappa shape index (κ2) is 6.15. The lowest BCUT2D eigenvalue weighted by molar-refractivity contribution is -0.384. The van der Waals surface area contributed by atoms with Crippen LogP contribution in [0.15, 0.2) is 48.5 Å². The summed E-state index contributed by atoms with van der Waals surface area (Å²) in [5.41, 5.74) is -0.707. The Morgan fingerprint density at radius 1 is 1.09 bits per heavy atom. The Hall–Kier alpha value is -2.41. The van der Waals surface area contributed by atoms with Gasteiger partial charge in [-0.25, -0.2) is 0 Å². The van der Waals surface area contributed by atoms with Gasteiger partial charge in [-0.05, 0) is 17.2 Å². The lowest BCUT2D eigenvalue weighted by Crippen LogP contribution is -2.13. The molecule has 22 heavy (non-hydrogen) atoms. The van der Waals surface area contributed by atoms with E-state index in [1.54, 1.807) is 0 Å². The van der Waals surface area contributed by atoms with Gasteiger partial charge in [0.25, 0.3) is 5.69 Å². The van der Waals surface area contributed by atoms with Gasteiger partial charge in [-0.2, -0.15) is 13.2 Å². The molecule has 0 bridgehead atoms. The number of hydrogen-bond donors (Lipinski definition) is 1. The largest absolute Gasteiger partial charge is 0.416 e. The number of nitro groups is 1. The van der Waals surface area contributed by atoms with Crippen molar-refractivity contribution in [2.75, 3.05) is 0 Å². The summed E-state index contributed by atoms with van der Waals surface area (Å²) in [5.74, 6) is 0. The molecule has 4 nitrogen and oxygen atoms in total. The maximum Gasteiger partial charge on any atom is 0.416 e. The Morgan fingerprint density at radius 3 is 2.23 bits per heavy atom. The molecule has 0 radical (unpaired) electrons.